The van der Waals surface area contributed by atoms with Crippen LogP contribution in [0.1, 0.15) is 26.2 Å². The minimum Gasteiger partial charge on any atom is -0.377 e. The highest BCUT2D eigenvalue weighted by molar-refractivity contribution is 5.73. The number of rotatable bonds is 7. The molecule has 2 N–H and O–H groups in total. The fourth-order valence-electron chi connectivity index (χ4n) is 1.53. The zero-order valence-electron chi connectivity index (χ0n) is 9.96. The number of carbonyl (C=O) groups is 1. The Bertz CT molecular complexity index is 194. The van der Waals surface area contributed by atoms with Crippen LogP contribution in [-0.4, -0.2) is 45.0 Å². The van der Waals surface area contributed by atoms with E-state index < -0.39 is 0 Å². The van der Waals surface area contributed by atoms with E-state index >= 15 is 0 Å². The summed E-state index contributed by atoms with van der Waals surface area (Å²) in [6, 6.07) is -0.123. The molecule has 0 aromatic heterocycles. The maximum Gasteiger partial charge on any atom is 0.314 e. The topological polar surface area (TPSA) is 59.6 Å². The molecule has 1 heterocycles. The van der Waals surface area contributed by atoms with Crippen LogP contribution >= 0.6 is 0 Å². The van der Waals surface area contributed by atoms with Gasteiger partial charge in [-0.05, 0) is 19.3 Å². The lowest BCUT2D eigenvalue weighted by Crippen LogP contribution is -2.37. The number of ether oxygens (including phenoxy) is 2. The van der Waals surface area contributed by atoms with Gasteiger partial charge in [-0.2, -0.15) is 0 Å². The van der Waals surface area contributed by atoms with Crippen LogP contribution in [0, 0.1) is 0 Å². The normalized spacial score (nSPS) is 19.7. The Morgan fingerprint density at radius 3 is 2.94 bits per heavy atom. The summed E-state index contributed by atoms with van der Waals surface area (Å²) in [7, 11) is 0. The van der Waals surface area contributed by atoms with E-state index in [-0.39, 0.29) is 12.1 Å². The quantitative estimate of drug-likeness (QED) is 0.639. The van der Waals surface area contributed by atoms with Crippen molar-refractivity contribution in [1.82, 2.24) is 10.6 Å². The van der Waals surface area contributed by atoms with E-state index in [0.717, 1.165) is 25.9 Å². The van der Waals surface area contributed by atoms with Gasteiger partial charge >= 0.3 is 6.03 Å². The lowest BCUT2D eigenvalue weighted by Gasteiger charge is -2.10. The minimum absolute atomic E-state index is 0.123. The van der Waals surface area contributed by atoms with Crippen LogP contribution in [0.25, 0.3) is 0 Å². The van der Waals surface area contributed by atoms with Crippen LogP contribution in [0.5, 0.6) is 0 Å². The van der Waals surface area contributed by atoms with E-state index in [0.29, 0.717) is 26.3 Å². The van der Waals surface area contributed by atoms with Crippen LogP contribution in [-0.2, 0) is 9.47 Å². The predicted octanol–water partition coefficient (Wildman–Crippen LogP) is 0.891. The molecule has 0 aromatic rings. The largest absolute Gasteiger partial charge is 0.377 e. The van der Waals surface area contributed by atoms with Gasteiger partial charge in [0.1, 0.15) is 0 Å². The highest BCUT2D eigenvalue weighted by atomic mass is 16.5. The molecule has 0 bridgehead atoms. The molecule has 0 aromatic carbocycles. The fraction of sp³-hybridized carbons (Fsp3) is 0.909. The number of amides is 2. The van der Waals surface area contributed by atoms with Crippen molar-refractivity contribution in [2.75, 3.05) is 32.9 Å². The standard InChI is InChI=1S/C11H22N2O3/c1-2-5-12-11(14)13-6-8-15-9-10-4-3-7-16-10/h10H,2-9H2,1H3,(H2,12,13,14)/t10-/m1/s1. The minimum atomic E-state index is -0.123. The molecule has 0 radical (unpaired) electrons. The average Bonchev–Trinajstić information content (AvgIpc) is 2.79. The highest BCUT2D eigenvalue weighted by Crippen LogP contribution is 2.11. The summed E-state index contributed by atoms with van der Waals surface area (Å²) < 4.78 is 10.8. The number of urea groups is 1. The van der Waals surface area contributed by atoms with E-state index in [1.54, 1.807) is 0 Å². The molecule has 0 saturated carbocycles. The van der Waals surface area contributed by atoms with E-state index in [2.05, 4.69) is 10.6 Å². The summed E-state index contributed by atoms with van der Waals surface area (Å²) >= 11 is 0. The third-order valence-electron chi connectivity index (χ3n) is 2.40. The molecule has 1 aliphatic heterocycles. The van der Waals surface area contributed by atoms with Gasteiger partial charge in [-0.15, -0.1) is 0 Å². The van der Waals surface area contributed by atoms with Crippen molar-refractivity contribution < 1.29 is 14.3 Å². The molecular formula is C11H22N2O3. The zero-order valence-corrected chi connectivity index (χ0v) is 9.96. The summed E-state index contributed by atoms with van der Waals surface area (Å²) in [5.74, 6) is 0. The molecule has 1 fully saturated rings. The van der Waals surface area contributed by atoms with E-state index in [4.69, 9.17) is 9.47 Å². The molecule has 0 unspecified atom stereocenters. The Morgan fingerprint density at radius 2 is 2.25 bits per heavy atom. The van der Waals surface area contributed by atoms with Crippen LogP contribution in [0.4, 0.5) is 4.79 Å². The van der Waals surface area contributed by atoms with Crippen LogP contribution in [0.3, 0.4) is 0 Å². The van der Waals surface area contributed by atoms with Crippen molar-refractivity contribution in [3.63, 3.8) is 0 Å². The summed E-state index contributed by atoms with van der Waals surface area (Å²) in [4.78, 5) is 11.1. The first-order chi connectivity index (χ1) is 7.83. The Kier molecular flexibility index (Phi) is 6.92. The van der Waals surface area contributed by atoms with Crippen molar-refractivity contribution in [1.29, 1.82) is 0 Å². The molecule has 16 heavy (non-hydrogen) atoms. The van der Waals surface area contributed by atoms with E-state index in [9.17, 15) is 4.79 Å². The van der Waals surface area contributed by atoms with E-state index in [1.807, 2.05) is 6.92 Å². The lowest BCUT2D eigenvalue weighted by molar-refractivity contribution is 0.0188. The van der Waals surface area contributed by atoms with Gasteiger partial charge in [-0.25, -0.2) is 4.79 Å². The van der Waals surface area contributed by atoms with Crippen LogP contribution in [0.15, 0.2) is 0 Å². The Morgan fingerprint density at radius 1 is 1.44 bits per heavy atom. The van der Waals surface area contributed by atoms with Crippen molar-refractivity contribution in [3.8, 4) is 0 Å². The number of carbonyl (C=O) groups excluding carboxylic acids is 1. The van der Waals surface area contributed by atoms with Gasteiger partial charge in [0.25, 0.3) is 0 Å². The Hall–Kier alpha value is -0.810. The summed E-state index contributed by atoms with van der Waals surface area (Å²) in [6.45, 7) is 5.30. The van der Waals surface area contributed by atoms with E-state index in [1.165, 1.54) is 0 Å². The zero-order chi connectivity index (χ0) is 11.6. The maximum atomic E-state index is 11.1. The molecule has 1 atom stereocenters. The van der Waals surface area contributed by atoms with Gasteiger partial charge in [0.05, 0.1) is 19.3 Å². The smallest absolute Gasteiger partial charge is 0.314 e. The SMILES string of the molecule is CCCNC(=O)NCCOC[C@H]1CCCO1. The third kappa shape index (κ3) is 5.92. The Balaban J connectivity index is 1.85. The molecular weight excluding hydrogens is 208 g/mol. The van der Waals surface area contributed by atoms with Crippen molar-refractivity contribution in [2.45, 2.75) is 32.3 Å². The monoisotopic (exact) mass is 230 g/mol. The lowest BCUT2D eigenvalue weighted by atomic mass is 10.2. The van der Waals surface area contributed by atoms with Crippen molar-refractivity contribution in [2.24, 2.45) is 0 Å². The third-order valence-corrected chi connectivity index (χ3v) is 2.40. The molecule has 0 spiro atoms. The first-order valence-electron chi connectivity index (χ1n) is 6.04. The molecule has 1 aliphatic rings. The molecule has 94 valence electrons. The second kappa shape index (κ2) is 8.35. The molecule has 5 heteroatoms. The molecule has 5 nitrogen and oxygen atoms in total. The summed E-state index contributed by atoms with van der Waals surface area (Å²) in [5, 5.41) is 5.46. The van der Waals surface area contributed by atoms with Gasteiger partial charge in [0, 0.05) is 19.7 Å². The van der Waals surface area contributed by atoms with Gasteiger partial charge in [-0.3, -0.25) is 0 Å². The van der Waals surface area contributed by atoms with Gasteiger partial charge in [-0.1, -0.05) is 6.92 Å². The second-order valence-corrected chi connectivity index (χ2v) is 3.89. The first-order valence-corrected chi connectivity index (χ1v) is 6.04. The molecule has 2 amide bonds. The average molecular weight is 230 g/mol. The van der Waals surface area contributed by atoms with Crippen molar-refractivity contribution >= 4 is 6.03 Å². The summed E-state index contributed by atoms with van der Waals surface area (Å²) in [6.07, 6.45) is 3.42. The van der Waals surface area contributed by atoms with Crippen molar-refractivity contribution in [3.05, 3.63) is 0 Å². The molecule has 0 aliphatic carbocycles. The number of hydrogen-bond donors (Lipinski definition) is 2. The summed E-state index contributed by atoms with van der Waals surface area (Å²) in [5.41, 5.74) is 0. The van der Waals surface area contributed by atoms with Gasteiger partial charge in [0.2, 0.25) is 0 Å². The van der Waals surface area contributed by atoms with Crippen LogP contribution < -0.4 is 10.6 Å². The van der Waals surface area contributed by atoms with Gasteiger partial charge in [0.15, 0.2) is 0 Å². The second-order valence-electron chi connectivity index (χ2n) is 3.89. The highest BCUT2D eigenvalue weighted by Gasteiger charge is 2.14. The first kappa shape index (κ1) is 13.3. The molecule has 1 rings (SSSR count). The molecule has 1 saturated heterocycles. The van der Waals surface area contributed by atoms with Crippen LogP contribution in [0.2, 0.25) is 0 Å². The number of nitrogens with one attached hydrogen (secondary N) is 2. The fourth-order valence-corrected chi connectivity index (χ4v) is 1.53. The van der Waals surface area contributed by atoms with Gasteiger partial charge < -0.3 is 20.1 Å². The number of hydrogen-bond acceptors (Lipinski definition) is 3. The maximum absolute atomic E-state index is 11.1. The predicted molar refractivity (Wildman–Crippen MR) is 61.5 cm³/mol. The Labute approximate surface area is 96.9 Å².